The number of nitro benzene ring substituents is 1. The highest BCUT2D eigenvalue weighted by molar-refractivity contribution is 5.96. The van der Waals surface area contributed by atoms with Crippen LogP contribution in [0.5, 0.6) is 0 Å². The lowest BCUT2D eigenvalue weighted by Crippen LogP contribution is -2.28. The Morgan fingerprint density at radius 2 is 2.00 bits per heavy atom. The van der Waals surface area contributed by atoms with E-state index in [1.807, 2.05) is 0 Å². The molecule has 1 rings (SSSR count). The van der Waals surface area contributed by atoms with Crippen molar-refractivity contribution in [2.24, 2.45) is 5.41 Å². The molecule has 0 saturated heterocycles. The van der Waals surface area contributed by atoms with Crippen molar-refractivity contribution in [3.8, 4) is 0 Å². The van der Waals surface area contributed by atoms with Gasteiger partial charge in [-0.2, -0.15) is 0 Å². The minimum absolute atomic E-state index is 0.162. The number of anilines is 1. The fourth-order valence-electron chi connectivity index (χ4n) is 1.22. The van der Waals surface area contributed by atoms with Crippen molar-refractivity contribution >= 4 is 17.3 Å². The molecule has 17 heavy (non-hydrogen) atoms. The number of nitrogens with one attached hydrogen (secondary N) is 1. The van der Waals surface area contributed by atoms with Crippen LogP contribution in [0.1, 0.15) is 26.3 Å². The number of amides is 1. The van der Waals surface area contributed by atoms with Crippen molar-refractivity contribution in [2.45, 2.75) is 20.8 Å². The van der Waals surface area contributed by atoms with Gasteiger partial charge in [-0.15, -0.1) is 0 Å². The van der Waals surface area contributed by atoms with Crippen LogP contribution in [0.4, 0.5) is 11.4 Å². The quantitative estimate of drug-likeness (QED) is 0.632. The monoisotopic (exact) mass is 235 g/mol. The molecule has 0 aliphatic carbocycles. The Kier molecular flexibility index (Phi) is 3.50. The Morgan fingerprint density at radius 1 is 1.41 bits per heavy atom. The van der Waals surface area contributed by atoms with E-state index in [4.69, 9.17) is 0 Å². The molecular weight excluding hydrogens is 220 g/mol. The average molecular weight is 235 g/mol. The maximum Gasteiger partial charge on any atom is 0.295 e. The zero-order valence-electron chi connectivity index (χ0n) is 10.1. The highest BCUT2D eigenvalue weighted by atomic mass is 16.6. The van der Waals surface area contributed by atoms with Gasteiger partial charge >= 0.3 is 0 Å². The molecule has 0 atom stereocenters. The molecule has 0 aromatic heterocycles. The van der Waals surface area contributed by atoms with Crippen molar-refractivity contribution in [1.29, 1.82) is 0 Å². The standard InChI is InChI=1S/C12H15N2O3/c1-8-6-5-7-9(10(8)14(16)17)13-11(15)12(2,3)4/h5-7H,1H2,2-4H3,(H,13,15). The molecule has 5 heteroatoms. The van der Waals surface area contributed by atoms with Crippen LogP contribution in [0.3, 0.4) is 0 Å². The number of nitrogens with zero attached hydrogens (tertiary/aromatic N) is 1. The third-order valence-electron chi connectivity index (χ3n) is 2.23. The van der Waals surface area contributed by atoms with Crippen molar-refractivity contribution in [3.63, 3.8) is 0 Å². The summed E-state index contributed by atoms with van der Waals surface area (Å²) in [5.41, 5.74) is -0.306. The van der Waals surface area contributed by atoms with E-state index >= 15 is 0 Å². The predicted molar refractivity (Wildman–Crippen MR) is 65.6 cm³/mol. The van der Waals surface area contributed by atoms with Crippen LogP contribution in [0, 0.1) is 22.5 Å². The first kappa shape index (κ1) is 13.2. The summed E-state index contributed by atoms with van der Waals surface area (Å²) < 4.78 is 0. The van der Waals surface area contributed by atoms with E-state index in [1.165, 1.54) is 12.1 Å². The Morgan fingerprint density at radius 3 is 2.47 bits per heavy atom. The van der Waals surface area contributed by atoms with Gasteiger partial charge in [0.1, 0.15) is 5.69 Å². The molecule has 0 heterocycles. The molecule has 0 bridgehead atoms. The van der Waals surface area contributed by atoms with Gasteiger partial charge in [-0.3, -0.25) is 14.9 Å². The van der Waals surface area contributed by atoms with Gasteiger partial charge in [-0.1, -0.05) is 32.9 Å². The molecule has 0 saturated carbocycles. The molecule has 1 aromatic rings. The van der Waals surface area contributed by atoms with Gasteiger partial charge in [0.2, 0.25) is 5.91 Å². The van der Waals surface area contributed by atoms with Crippen molar-refractivity contribution in [3.05, 3.63) is 40.8 Å². The van der Waals surface area contributed by atoms with Crippen LogP contribution in [-0.2, 0) is 4.79 Å². The van der Waals surface area contributed by atoms with Crippen LogP contribution in [0.15, 0.2) is 18.2 Å². The topological polar surface area (TPSA) is 72.2 Å². The predicted octanol–water partition coefficient (Wildman–Crippen LogP) is 2.76. The summed E-state index contributed by atoms with van der Waals surface area (Å²) in [6, 6.07) is 4.65. The van der Waals surface area contributed by atoms with Gasteiger partial charge in [0, 0.05) is 11.0 Å². The lowest BCUT2D eigenvalue weighted by atomic mass is 9.95. The summed E-state index contributed by atoms with van der Waals surface area (Å²) in [6.07, 6.45) is 0. The first-order valence-electron chi connectivity index (χ1n) is 5.14. The first-order chi connectivity index (χ1) is 7.73. The van der Waals surface area contributed by atoms with Gasteiger partial charge in [0.05, 0.1) is 4.92 Å². The van der Waals surface area contributed by atoms with Gasteiger partial charge < -0.3 is 5.32 Å². The number of rotatable bonds is 2. The van der Waals surface area contributed by atoms with E-state index in [1.54, 1.807) is 26.8 Å². The normalized spacial score (nSPS) is 11.1. The maximum absolute atomic E-state index is 11.8. The number of hydrogen-bond donors (Lipinski definition) is 1. The number of para-hydroxylation sites is 1. The molecule has 5 nitrogen and oxygen atoms in total. The molecule has 1 radical (unpaired) electrons. The van der Waals surface area contributed by atoms with E-state index in [2.05, 4.69) is 12.2 Å². The SMILES string of the molecule is [CH2]c1cccc(NC(=O)C(C)(C)C)c1[N+](=O)[O-]. The Balaban J connectivity index is 3.12. The van der Waals surface area contributed by atoms with Gasteiger partial charge in [0.25, 0.3) is 5.69 Å². The lowest BCUT2D eigenvalue weighted by Gasteiger charge is -2.17. The molecule has 0 fully saturated rings. The molecule has 0 aliphatic heterocycles. The van der Waals surface area contributed by atoms with Gasteiger partial charge in [0.15, 0.2) is 0 Å². The Bertz CT molecular complexity index is 461. The number of benzene rings is 1. The molecule has 0 unspecified atom stereocenters. The lowest BCUT2D eigenvalue weighted by molar-refractivity contribution is -0.384. The fraction of sp³-hybridized carbons (Fsp3) is 0.333. The second-order valence-electron chi connectivity index (χ2n) is 4.77. The summed E-state index contributed by atoms with van der Waals surface area (Å²) in [5.74, 6) is -0.272. The van der Waals surface area contributed by atoms with Crippen molar-refractivity contribution in [1.82, 2.24) is 0 Å². The highest BCUT2D eigenvalue weighted by Crippen LogP contribution is 2.29. The third-order valence-corrected chi connectivity index (χ3v) is 2.23. The number of carbonyl (C=O) groups excluding carboxylic acids is 1. The molecule has 0 aliphatic rings. The molecule has 1 amide bonds. The second kappa shape index (κ2) is 4.53. The minimum Gasteiger partial charge on any atom is -0.320 e. The third kappa shape index (κ3) is 3.03. The largest absolute Gasteiger partial charge is 0.320 e. The van der Waals surface area contributed by atoms with Crippen molar-refractivity contribution in [2.75, 3.05) is 5.32 Å². The zero-order chi connectivity index (χ0) is 13.2. The highest BCUT2D eigenvalue weighted by Gasteiger charge is 2.25. The summed E-state index contributed by atoms with van der Waals surface area (Å²) >= 11 is 0. The Hall–Kier alpha value is -1.91. The average Bonchev–Trinajstić information content (AvgIpc) is 2.15. The van der Waals surface area contributed by atoms with Crippen LogP contribution in [0.2, 0.25) is 0 Å². The number of hydrogen-bond acceptors (Lipinski definition) is 3. The van der Waals surface area contributed by atoms with Crippen molar-refractivity contribution < 1.29 is 9.72 Å². The van der Waals surface area contributed by atoms with Gasteiger partial charge in [-0.25, -0.2) is 0 Å². The Labute approximate surface area is 100.0 Å². The number of nitro groups is 1. The van der Waals surface area contributed by atoms with Gasteiger partial charge in [-0.05, 0) is 13.0 Å². The first-order valence-corrected chi connectivity index (χ1v) is 5.14. The fourth-order valence-corrected chi connectivity index (χ4v) is 1.22. The van der Waals surface area contributed by atoms with Crippen LogP contribution in [0.25, 0.3) is 0 Å². The smallest absolute Gasteiger partial charge is 0.295 e. The van der Waals surface area contributed by atoms with Crippen LogP contribution >= 0.6 is 0 Å². The van der Waals surface area contributed by atoms with E-state index in [0.717, 1.165) is 0 Å². The van der Waals surface area contributed by atoms with Crippen LogP contribution < -0.4 is 5.32 Å². The summed E-state index contributed by atoms with van der Waals surface area (Å²) in [6.45, 7) is 8.79. The maximum atomic E-state index is 11.8. The van der Waals surface area contributed by atoms with E-state index in [0.29, 0.717) is 0 Å². The molecule has 1 N–H and O–H groups in total. The van der Waals surface area contributed by atoms with E-state index in [-0.39, 0.29) is 22.8 Å². The zero-order valence-corrected chi connectivity index (χ0v) is 10.1. The molecule has 91 valence electrons. The molecular formula is C12H15N2O3. The van der Waals surface area contributed by atoms with Crippen LogP contribution in [-0.4, -0.2) is 10.8 Å². The minimum atomic E-state index is -0.606. The summed E-state index contributed by atoms with van der Waals surface area (Å²) in [5, 5.41) is 13.4. The summed E-state index contributed by atoms with van der Waals surface area (Å²) in [4.78, 5) is 22.1. The molecule has 1 aromatic carbocycles. The van der Waals surface area contributed by atoms with E-state index < -0.39 is 10.3 Å². The molecule has 0 spiro atoms. The summed E-state index contributed by atoms with van der Waals surface area (Å²) in [7, 11) is 0. The number of carbonyl (C=O) groups is 1. The second-order valence-corrected chi connectivity index (χ2v) is 4.77. The van der Waals surface area contributed by atoms with E-state index in [9.17, 15) is 14.9 Å².